The van der Waals surface area contributed by atoms with Gasteiger partial charge in [0.25, 0.3) is 0 Å². The van der Waals surface area contributed by atoms with E-state index in [-0.39, 0.29) is 24.6 Å². The summed E-state index contributed by atoms with van der Waals surface area (Å²) in [6.45, 7) is 9.53. The normalized spacial score (nSPS) is 22.0. The maximum absolute atomic E-state index is 14.2. The van der Waals surface area contributed by atoms with E-state index in [4.69, 9.17) is 0 Å². The number of fused-ring (bicyclic) bond motifs is 1. The topological polar surface area (TPSA) is 145 Å². The fraction of sp³-hybridized carbons (Fsp3) is 0.605. The second-order valence-electron chi connectivity index (χ2n) is 15.6. The quantitative estimate of drug-likeness (QED) is 0.214. The van der Waals surface area contributed by atoms with Crippen LogP contribution in [0.25, 0.3) is 0 Å². The van der Waals surface area contributed by atoms with Crippen LogP contribution in [0.3, 0.4) is 0 Å². The highest BCUT2D eigenvalue weighted by Gasteiger charge is 2.46. The van der Waals surface area contributed by atoms with Crippen LogP contribution in [0.2, 0.25) is 0 Å². The van der Waals surface area contributed by atoms with Crippen LogP contribution in [0.5, 0.6) is 0 Å². The van der Waals surface area contributed by atoms with Gasteiger partial charge in [0.15, 0.2) is 9.84 Å². The SMILES string of the molecule is CC(C)(C)NC(=O)[C@@H]1C[C@@H]2CCCC[C@@H]2CN1C[C@@H](O)[C@H](Cc1ccccc1)NC(=O)[C@@H](NC(=O)CSc1ccccc1)C(C)(C)S(C)(=O)=O. The first-order valence-electron chi connectivity index (χ1n) is 17.7. The lowest BCUT2D eigenvalue weighted by Crippen LogP contribution is -2.64. The monoisotopic (exact) mass is 728 g/mol. The number of β-amino-alcohol motifs (C(OH)–C–C–N with tert-alkyl or cyclic N) is 1. The molecule has 4 N–H and O–H groups in total. The standard InChI is InChI=1S/C38H56N4O6S2/c1-37(2,3)41-35(45)31-22-27-17-13-14-18-28(27)23-42(31)24-32(43)30(21-26-15-9-7-10-16-26)39-36(46)34(38(4,5)50(6,47)48)40-33(44)25-49-29-19-11-8-12-20-29/h7-12,15-16,19-20,27-28,30-32,34,43H,13-14,17-18,21-25H2,1-6H3,(H,39,46)(H,40,44)(H,41,45)/t27-,28+,30-,31-,32+,34+/m0/s1. The summed E-state index contributed by atoms with van der Waals surface area (Å²) in [4.78, 5) is 44.0. The molecule has 1 aliphatic heterocycles. The maximum Gasteiger partial charge on any atom is 0.244 e. The van der Waals surface area contributed by atoms with Gasteiger partial charge in [-0.2, -0.15) is 0 Å². The third-order valence-electron chi connectivity index (χ3n) is 10.1. The van der Waals surface area contributed by atoms with Crippen molar-refractivity contribution in [1.29, 1.82) is 0 Å². The number of sulfone groups is 1. The van der Waals surface area contributed by atoms with Gasteiger partial charge in [0.2, 0.25) is 17.7 Å². The Kier molecular flexibility index (Phi) is 13.6. The number of carbonyl (C=O) groups excluding carboxylic acids is 3. The first-order chi connectivity index (χ1) is 23.4. The van der Waals surface area contributed by atoms with Gasteiger partial charge in [-0.1, -0.05) is 67.8 Å². The molecule has 2 aromatic carbocycles. The molecule has 1 saturated heterocycles. The van der Waals surface area contributed by atoms with E-state index in [0.29, 0.717) is 24.8 Å². The van der Waals surface area contributed by atoms with Crippen molar-refractivity contribution in [2.45, 2.75) is 113 Å². The number of rotatable bonds is 14. The number of hydrogen-bond donors (Lipinski definition) is 4. The van der Waals surface area contributed by atoms with Gasteiger partial charge < -0.3 is 21.1 Å². The molecule has 2 aromatic rings. The smallest absolute Gasteiger partial charge is 0.244 e. The molecular weight excluding hydrogens is 673 g/mol. The zero-order valence-electron chi connectivity index (χ0n) is 30.4. The third-order valence-corrected chi connectivity index (χ3v) is 13.3. The Bertz CT molecular complexity index is 1550. The summed E-state index contributed by atoms with van der Waals surface area (Å²) in [5.41, 5.74) is 0.451. The number of carbonyl (C=O) groups is 3. The number of benzene rings is 2. The highest BCUT2D eigenvalue weighted by atomic mass is 32.2. The number of hydrogen-bond acceptors (Lipinski definition) is 8. The number of nitrogens with one attached hydrogen (secondary N) is 3. The molecule has 3 amide bonds. The molecule has 6 atom stereocenters. The van der Waals surface area contributed by atoms with Gasteiger partial charge >= 0.3 is 0 Å². The molecule has 2 fully saturated rings. The van der Waals surface area contributed by atoms with Crippen LogP contribution in [0.15, 0.2) is 65.6 Å². The van der Waals surface area contributed by atoms with Crippen LogP contribution in [-0.2, 0) is 30.6 Å². The summed E-state index contributed by atoms with van der Waals surface area (Å²) in [6, 6.07) is 16.1. The summed E-state index contributed by atoms with van der Waals surface area (Å²) in [6.07, 6.45) is 5.41. The van der Waals surface area contributed by atoms with Crippen molar-refractivity contribution < 1.29 is 27.9 Å². The van der Waals surface area contributed by atoms with Crippen molar-refractivity contribution in [2.24, 2.45) is 11.8 Å². The molecule has 0 unspecified atom stereocenters. The van der Waals surface area contributed by atoms with Gasteiger partial charge in [0.05, 0.1) is 28.7 Å². The number of aliphatic hydroxyl groups excluding tert-OH is 1. The predicted molar refractivity (Wildman–Crippen MR) is 199 cm³/mol. The van der Waals surface area contributed by atoms with Crippen LogP contribution in [-0.4, -0.2) is 95.8 Å². The lowest BCUT2D eigenvalue weighted by Gasteiger charge is -2.47. The number of nitrogens with zero attached hydrogens (tertiary/aromatic N) is 1. The summed E-state index contributed by atoms with van der Waals surface area (Å²) in [5.74, 6) is -0.386. The second kappa shape index (κ2) is 17.1. The molecule has 0 radical (unpaired) electrons. The minimum Gasteiger partial charge on any atom is -0.390 e. The summed E-state index contributed by atoms with van der Waals surface area (Å²) < 4.78 is 24.4. The van der Waals surface area contributed by atoms with Crippen LogP contribution in [0.1, 0.15) is 72.3 Å². The van der Waals surface area contributed by atoms with Gasteiger partial charge in [-0.15, -0.1) is 11.8 Å². The molecular formula is C38H56N4O6S2. The fourth-order valence-corrected chi connectivity index (χ4v) is 8.37. The van der Waals surface area contributed by atoms with Crippen molar-refractivity contribution in [3.8, 4) is 0 Å². The first-order valence-corrected chi connectivity index (χ1v) is 20.6. The fourth-order valence-electron chi connectivity index (χ4n) is 7.05. The molecule has 10 nitrogen and oxygen atoms in total. The highest BCUT2D eigenvalue weighted by molar-refractivity contribution is 8.00. The van der Waals surface area contributed by atoms with Gasteiger partial charge in [-0.3, -0.25) is 19.3 Å². The van der Waals surface area contributed by atoms with E-state index in [2.05, 4.69) is 20.9 Å². The minimum atomic E-state index is -3.84. The van der Waals surface area contributed by atoms with Crippen molar-refractivity contribution in [3.63, 3.8) is 0 Å². The number of likely N-dealkylation sites (tertiary alicyclic amines) is 1. The van der Waals surface area contributed by atoms with Crippen LogP contribution >= 0.6 is 11.8 Å². The molecule has 0 bridgehead atoms. The van der Waals surface area contributed by atoms with E-state index in [1.807, 2.05) is 81.4 Å². The zero-order valence-corrected chi connectivity index (χ0v) is 32.0. The van der Waals surface area contributed by atoms with Crippen LogP contribution in [0, 0.1) is 11.8 Å². The van der Waals surface area contributed by atoms with Crippen LogP contribution < -0.4 is 16.0 Å². The lowest BCUT2D eigenvalue weighted by atomic mass is 9.72. The molecule has 2 aliphatic rings. The average Bonchev–Trinajstić information content (AvgIpc) is 3.05. The van der Waals surface area contributed by atoms with Crippen LogP contribution in [0.4, 0.5) is 0 Å². The minimum absolute atomic E-state index is 0.0150. The Morgan fingerprint density at radius 1 is 0.920 bits per heavy atom. The predicted octanol–water partition coefficient (Wildman–Crippen LogP) is 3.97. The molecule has 1 heterocycles. The number of thioether (sulfide) groups is 1. The summed E-state index contributed by atoms with van der Waals surface area (Å²) in [7, 11) is -3.84. The molecule has 4 rings (SSSR count). The molecule has 0 spiro atoms. The maximum atomic E-state index is 14.2. The van der Waals surface area contributed by atoms with Crippen molar-refractivity contribution in [2.75, 3.05) is 25.1 Å². The van der Waals surface area contributed by atoms with E-state index in [9.17, 15) is 27.9 Å². The summed E-state index contributed by atoms with van der Waals surface area (Å²) in [5, 5.41) is 20.7. The van der Waals surface area contributed by atoms with E-state index in [1.54, 1.807) is 0 Å². The van der Waals surface area contributed by atoms with Crippen molar-refractivity contribution in [1.82, 2.24) is 20.9 Å². The molecule has 0 aromatic heterocycles. The Balaban J connectivity index is 1.58. The third kappa shape index (κ3) is 11.0. The van der Waals surface area contributed by atoms with E-state index in [0.717, 1.165) is 42.4 Å². The molecule has 1 aliphatic carbocycles. The zero-order chi connectivity index (χ0) is 36.7. The Hall–Kier alpha value is -2.93. The summed E-state index contributed by atoms with van der Waals surface area (Å²) >= 11 is 1.28. The average molecular weight is 729 g/mol. The van der Waals surface area contributed by atoms with Gasteiger partial charge in [0.1, 0.15) is 6.04 Å². The number of piperidine rings is 1. The van der Waals surface area contributed by atoms with E-state index >= 15 is 0 Å². The number of amides is 3. The second-order valence-corrected chi connectivity index (χ2v) is 19.2. The van der Waals surface area contributed by atoms with Crippen molar-refractivity contribution in [3.05, 3.63) is 66.2 Å². The van der Waals surface area contributed by atoms with Crippen molar-refractivity contribution >= 4 is 39.3 Å². The molecule has 1 saturated carbocycles. The van der Waals surface area contributed by atoms with Gasteiger partial charge in [-0.05, 0) is 83.4 Å². The van der Waals surface area contributed by atoms with E-state index in [1.165, 1.54) is 25.6 Å². The Labute approximate surface area is 302 Å². The van der Waals surface area contributed by atoms with Gasteiger partial charge in [-0.25, -0.2) is 8.42 Å². The Morgan fingerprint density at radius 3 is 2.12 bits per heavy atom. The molecule has 50 heavy (non-hydrogen) atoms. The Morgan fingerprint density at radius 2 is 1.52 bits per heavy atom. The largest absolute Gasteiger partial charge is 0.390 e. The first kappa shape index (κ1) is 39.8. The number of aliphatic hydroxyl groups is 1. The molecule has 276 valence electrons. The highest BCUT2D eigenvalue weighted by Crippen LogP contribution is 2.39. The lowest BCUT2D eigenvalue weighted by molar-refractivity contribution is -0.133. The van der Waals surface area contributed by atoms with E-state index < -0.39 is 56.2 Å². The molecule has 12 heteroatoms. The van der Waals surface area contributed by atoms with Gasteiger partial charge in [0, 0.05) is 29.8 Å².